The van der Waals surface area contributed by atoms with Crippen LogP contribution in [0.1, 0.15) is 25.7 Å². The Morgan fingerprint density at radius 3 is 2.53 bits per heavy atom. The minimum absolute atomic E-state index is 0.103. The molecule has 0 aromatic carbocycles. The number of rotatable bonds is 3. The van der Waals surface area contributed by atoms with E-state index in [0.717, 1.165) is 17.1 Å². The van der Waals surface area contributed by atoms with E-state index in [1.165, 1.54) is 0 Å². The molecule has 90 valence electrons. The van der Waals surface area contributed by atoms with E-state index in [-0.39, 0.29) is 13.1 Å². The Balaban J connectivity index is 2.88. The second-order valence-corrected chi connectivity index (χ2v) is 5.51. The molecule has 7 heteroatoms. The summed E-state index contributed by atoms with van der Waals surface area (Å²) in [5.74, 6) is -3.34. The molecule has 15 heavy (non-hydrogen) atoms. The van der Waals surface area contributed by atoms with Crippen LogP contribution in [-0.2, 0) is 10.0 Å². The summed E-state index contributed by atoms with van der Waals surface area (Å²) in [7, 11) is -4.46. The fraction of sp³-hybridized carbons (Fsp3) is 1.00. The Kier molecular flexibility index (Phi) is 4.42. The average molecular weight is 242 g/mol. The second kappa shape index (κ2) is 5.18. The third kappa shape index (κ3) is 2.85. The molecule has 0 saturated carbocycles. The van der Waals surface area contributed by atoms with Gasteiger partial charge in [0.2, 0.25) is 0 Å². The molecule has 4 nitrogen and oxygen atoms in total. The van der Waals surface area contributed by atoms with Gasteiger partial charge in [0.05, 0.1) is 0 Å². The highest BCUT2D eigenvalue weighted by molar-refractivity contribution is 7.89. The maximum Gasteiger partial charge on any atom is 0.350 e. The molecule has 0 bridgehead atoms. The minimum Gasteiger partial charge on any atom is -0.329 e. The number of nitrogens with two attached hydrogens (primary N) is 1. The van der Waals surface area contributed by atoms with Crippen LogP contribution in [0, 0.1) is 0 Å². The first-order chi connectivity index (χ1) is 7.00. The van der Waals surface area contributed by atoms with Crippen LogP contribution in [0.3, 0.4) is 0 Å². The predicted molar refractivity (Wildman–Crippen MR) is 52.9 cm³/mol. The Morgan fingerprint density at radius 2 is 2.00 bits per heavy atom. The Bertz CT molecular complexity index is 295. The molecule has 0 aromatic heterocycles. The summed E-state index contributed by atoms with van der Waals surface area (Å²) in [5.41, 5.74) is 5.41. The summed E-state index contributed by atoms with van der Waals surface area (Å²) < 4.78 is 48.3. The summed E-state index contributed by atoms with van der Waals surface area (Å²) in [4.78, 5) is 0. The van der Waals surface area contributed by atoms with Gasteiger partial charge in [-0.25, -0.2) is 8.42 Å². The van der Waals surface area contributed by atoms with Crippen molar-refractivity contribution in [2.45, 2.75) is 37.5 Å². The maximum atomic E-state index is 12.4. The van der Waals surface area contributed by atoms with Gasteiger partial charge in [0, 0.05) is 19.1 Å². The molecule has 1 atom stereocenters. The molecule has 1 rings (SSSR count). The molecule has 1 aliphatic heterocycles. The third-order valence-electron chi connectivity index (χ3n) is 2.65. The smallest absolute Gasteiger partial charge is 0.329 e. The molecule has 1 saturated heterocycles. The normalized spacial score (nSPS) is 25.5. The van der Waals surface area contributed by atoms with Crippen LogP contribution in [0.4, 0.5) is 8.78 Å². The van der Waals surface area contributed by atoms with E-state index in [9.17, 15) is 17.2 Å². The molecule has 0 spiro atoms. The van der Waals surface area contributed by atoms with E-state index in [1.807, 2.05) is 0 Å². The van der Waals surface area contributed by atoms with Crippen LogP contribution in [0.5, 0.6) is 0 Å². The van der Waals surface area contributed by atoms with Crippen LogP contribution in [0.25, 0.3) is 0 Å². The molecular formula is C8H16F2N2O2S. The largest absolute Gasteiger partial charge is 0.350 e. The van der Waals surface area contributed by atoms with Gasteiger partial charge in [-0.05, 0) is 12.8 Å². The quantitative estimate of drug-likeness (QED) is 0.794. The molecular weight excluding hydrogens is 226 g/mol. The van der Waals surface area contributed by atoms with Crippen molar-refractivity contribution in [3.63, 3.8) is 0 Å². The number of alkyl halides is 2. The minimum atomic E-state index is -4.46. The lowest BCUT2D eigenvalue weighted by atomic mass is 10.1. The van der Waals surface area contributed by atoms with Gasteiger partial charge < -0.3 is 5.73 Å². The maximum absolute atomic E-state index is 12.4. The van der Waals surface area contributed by atoms with Crippen molar-refractivity contribution < 1.29 is 17.2 Å². The molecule has 0 radical (unpaired) electrons. The molecule has 1 heterocycles. The van der Waals surface area contributed by atoms with Crippen LogP contribution >= 0.6 is 0 Å². The summed E-state index contributed by atoms with van der Waals surface area (Å²) >= 11 is 0. The monoisotopic (exact) mass is 242 g/mol. The summed E-state index contributed by atoms with van der Waals surface area (Å²) in [6.07, 6.45) is 2.91. The van der Waals surface area contributed by atoms with E-state index in [0.29, 0.717) is 12.8 Å². The second-order valence-electron chi connectivity index (χ2n) is 3.66. The van der Waals surface area contributed by atoms with Crippen molar-refractivity contribution >= 4 is 10.0 Å². The first-order valence-electron chi connectivity index (χ1n) is 4.99. The number of hydrogen-bond acceptors (Lipinski definition) is 3. The summed E-state index contributed by atoms with van der Waals surface area (Å²) in [6, 6.07) is -0.466. The zero-order valence-electron chi connectivity index (χ0n) is 8.40. The first kappa shape index (κ1) is 12.8. The zero-order chi connectivity index (χ0) is 11.5. The zero-order valence-corrected chi connectivity index (χ0v) is 9.22. The standard InChI is InChI=1S/C8H16F2N2O2S/c9-8(10)15(13,14)12-5-3-1-2-4-7(12)6-11/h7-8H,1-6,11H2. The number of halogens is 2. The van der Waals surface area contributed by atoms with Crippen LogP contribution in [0.15, 0.2) is 0 Å². The number of hydrogen-bond donors (Lipinski definition) is 1. The van der Waals surface area contributed by atoms with Crippen molar-refractivity contribution in [1.29, 1.82) is 0 Å². The molecule has 0 aliphatic carbocycles. The molecule has 1 aliphatic rings. The van der Waals surface area contributed by atoms with Crippen molar-refractivity contribution in [3.05, 3.63) is 0 Å². The van der Waals surface area contributed by atoms with E-state index in [1.54, 1.807) is 0 Å². The van der Waals surface area contributed by atoms with Gasteiger partial charge in [0.25, 0.3) is 10.0 Å². The van der Waals surface area contributed by atoms with Crippen molar-refractivity contribution in [2.75, 3.05) is 13.1 Å². The van der Waals surface area contributed by atoms with Gasteiger partial charge in [0.1, 0.15) is 0 Å². The fourth-order valence-electron chi connectivity index (χ4n) is 1.82. The Labute approximate surface area is 88.5 Å². The van der Waals surface area contributed by atoms with Gasteiger partial charge in [-0.1, -0.05) is 12.8 Å². The molecule has 0 aromatic rings. The average Bonchev–Trinajstić information content (AvgIpc) is 2.41. The van der Waals surface area contributed by atoms with Gasteiger partial charge in [0.15, 0.2) is 0 Å². The topological polar surface area (TPSA) is 63.4 Å². The molecule has 1 unspecified atom stereocenters. The molecule has 1 fully saturated rings. The lowest BCUT2D eigenvalue weighted by Gasteiger charge is -2.27. The number of nitrogens with zero attached hydrogens (tertiary/aromatic N) is 1. The fourth-order valence-corrected chi connectivity index (χ4v) is 3.02. The van der Waals surface area contributed by atoms with Crippen molar-refractivity contribution in [1.82, 2.24) is 4.31 Å². The SMILES string of the molecule is NCC1CCCCCN1S(=O)(=O)C(F)F. The van der Waals surface area contributed by atoms with E-state index < -0.39 is 21.8 Å². The van der Waals surface area contributed by atoms with E-state index in [2.05, 4.69) is 0 Å². The van der Waals surface area contributed by atoms with E-state index >= 15 is 0 Å². The highest BCUT2D eigenvalue weighted by Crippen LogP contribution is 2.22. The van der Waals surface area contributed by atoms with Crippen LogP contribution in [-0.4, -0.2) is 37.6 Å². The van der Waals surface area contributed by atoms with Gasteiger partial charge in [-0.15, -0.1) is 0 Å². The lowest BCUT2D eigenvalue weighted by Crippen LogP contribution is -2.46. The molecule has 0 amide bonds. The number of sulfonamides is 1. The Morgan fingerprint density at radius 1 is 1.33 bits per heavy atom. The van der Waals surface area contributed by atoms with Crippen LogP contribution < -0.4 is 5.73 Å². The summed E-state index contributed by atoms with van der Waals surface area (Å²) in [5, 5.41) is 0. The molecule has 2 N–H and O–H groups in total. The van der Waals surface area contributed by atoms with Gasteiger partial charge in [-0.2, -0.15) is 13.1 Å². The van der Waals surface area contributed by atoms with Crippen LogP contribution in [0.2, 0.25) is 0 Å². The van der Waals surface area contributed by atoms with Crippen molar-refractivity contribution in [3.8, 4) is 0 Å². The summed E-state index contributed by atoms with van der Waals surface area (Å²) in [6.45, 7) is 0.264. The van der Waals surface area contributed by atoms with Gasteiger partial charge >= 0.3 is 5.76 Å². The highest BCUT2D eigenvalue weighted by atomic mass is 32.2. The predicted octanol–water partition coefficient (Wildman–Crippen LogP) is 0.742. The first-order valence-corrected chi connectivity index (χ1v) is 6.49. The highest BCUT2D eigenvalue weighted by Gasteiger charge is 2.36. The third-order valence-corrected chi connectivity index (χ3v) is 4.23. The van der Waals surface area contributed by atoms with Crippen molar-refractivity contribution in [2.24, 2.45) is 5.73 Å². The lowest BCUT2D eigenvalue weighted by molar-refractivity contribution is 0.209. The van der Waals surface area contributed by atoms with Gasteiger partial charge in [-0.3, -0.25) is 0 Å². The van der Waals surface area contributed by atoms with E-state index in [4.69, 9.17) is 5.73 Å². The Hall–Kier alpha value is -0.270.